The van der Waals surface area contributed by atoms with E-state index in [4.69, 9.17) is 5.73 Å². The number of sulfonamides is 1. The van der Waals surface area contributed by atoms with Gasteiger partial charge in [0.15, 0.2) is 5.82 Å². The van der Waals surface area contributed by atoms with E-state index in [2.05, 4.69) is 32.4 Å². The maximum absolute atomic E-state index is 13.0. The molecule has 4 rings (SSSR count). The van der Waals surface area contributed by atoms with Crippen LogP contribution in [-0.4, -0.2) is 85.7 Å². The van der Waals surface area contributed by atoms with Crippen molar-refractivity contribution in [1.29, 1.82) is 0 Å². The van der Waals surface area contributed by atoms with Gasteiger partial charge in [0, 0.05) is 62.6 Å². The fourth-order valence-corrected chi connectivity index (χ4v) is 4.81. The number of piperazine rings is 1. The molecule has 0 aliphatic carbocycles. The number of aromatic amines is 1. The second-order valence-electron chi connectivity index (χ2n) is 8.21. The summed E-state index contributed by atoms with van der Waals surface area (Å²) in [5, 5.41) is 9.71. The van der Waals surface area contributed by atoms with Crippen molar-refractivity contribution in [2.45, 2.75) is 13.0 Å². The number of benzene rings is 1. The highest BCUT2D eigenvalue weighted by Gasteiger charge is 2.28. The topological polar surface area (TPSA) is 145 Å². The van der Waals surface area contributed by atoms with Crippen molar-refractivity contribution in [3.8, 4) is 0 Å². The summed E-state index contributed by atoms with van der Waals surface area (Å²) in [5.41, 5.74) is 8.08. The van der Waals surface area contributed by atoms with Crippen molar-refractivity contribution in [2.24, 2.45) is 5.73 Å². The van der Waals surface area contributed by atoms with Crippen LogP contribution in [0.1, 0.15) is 32.0 Å². The molecule has 1 aromatic carbocycles. The molecule has 0 spiro atoms. The normalized spacial score (nSPS) is 17.8. The summed E-state index contributed by atoms with van der Waals surface area (Å²) in [6.07, 6.45) is 1.62. The number of fused-ring (bicyclic) bond motifs is 1. The van der Waals surface area contributed by atoms with Crippen molar-refractivity contribution in [3.05, 3.63) is 40.6 Å². The number of likely N-dealkylation sites (N-methyl/N-ethyl adjacent to an activating group) is 1. The highest BCUT2D eigenvalue weighted by atomic mass is 32.2. The van der Waals surface area contributed by atoms with Crippen LogP contribution in [0.5, 0.6) is 0 Å². The van der Waals surface area contributed by atoms with E-state index in [1.807, 2.05) is 0 Å². The summed E-state index contributed by atoms with van der Waals surface area (Å²) in [6.45, 7) is 3.91. The lowest BCUT2D eigenvalue weighted by atomic mass is 10.0. The lowest BCUT2D eigenvalue weighted by molar-refractivity contribution is 0.0977. The number of nitrogens with one attached hydrogen (secondary N) is 2. The van der Waals surface area contributed by atoms with Crippen LogP contribution in [0.2, 0.25) is 0 Å². The Morgan fingerprint density at radius 3 is 2.50 bits per heavy atom. The maximum Gasteiger partial charge on any atom is 0.257 e. The molecule has 0 bridgehead atoms. The van der Waals surface area contributed by atoms with Crippen LogP contribution >= 0.6 is 0 Å². The zero-order valence-corrected chi connectivity index (χ0v) is 18.9. The zero-order valence-electron chi connectivity index (χ0n) is 18.1. The molecule has 172 valence electrons. The second-order valence-corrected chi connectivity index (χ2v) is 10.2. The lowest BCUT2D eigenvalue weighted by Gasteiger charge is -2.34. The Hall–Kier alpha value is -2.96. The molecule has 0 atom stereocenters. The van der Waals surface area contributed by atoms with Gasteiger partial charge in [-0.3, -0.25) is 14.7 Å². The number of hydrogen-bond acceptors (Lipinski definition) is 7. The Morgan fingerprint density at radius 1 is 1.12 bits per heavy atom. The SMILES string of the molecule is CN1CCN(c2ccc(C(=O)Nc3n[nH]c4c3CN(S(C)(=O)=O)CC4)c(C(N)=O)c2)CC1. The predicted molar refractivity (Wildman–Crippen MR) is 120 cm³/mol. The first kappa shape index (κ1) is 22.2. The molecule has 2 aliphatic rings. The van der Waals surface area contributed by atoms with E-state index in [1.165, 1.54) is 4.31 Å². The summed E-state index contributed by atoms with van der Waals surface area (Å²) in [7, 11) is -1.31. The third-order valence-electron chi connectivity index (χ3n) is 5.98. The van der Waals surface area contributed by atoms with Gasteiger partial charge in [0.1, 0.15) is 0 Å². The zero-order chi connectivity index (χ0) is 23.0. The molecule has 2 aromatic rings. The fraction of sp³-hybridized carbons (Fsp3) is 0.450. The smallest absolute Gasteiger partial charge is 0.257 e. The number of hydrogen-bond donors (Lipinski definition) is 3. The van der Waals surface area contributed by atoms with Crippen LogP contribution in [0.4, 0.5) is 11.5 Å². The Balaban J connectivity index is 1.57. The minimum Gasteiger partial charge on any atom is -0.369 e. The summed E-state index contributed by atoms with van der Waals surface area (Å²) < 4.78 is 25.2. The fourth-order valence-electron chi connectivity index (χ4n) is 4.03. The van der Waals surface area contributed by atoms with Crippen LogP contribution < -0.4 is 16.0 Å². The molecular formula is C20H27N7O4S. The van der Waals surface area contributed by atoms with Crippen LogP contribution in [0.3, 0.4) is 0 Å². The summed E-state index contributed by atoms with van der Waals surface area (Å²) in [5.74, 6) is -0.982. The molecule has 1 saturated heterocycles. The average molecular weight is 462 g/mol. The van der Waals surface area contributed by atoms with Gasteiger partial charge in [-0.1, -0.05) is 0 Å². The Kier molecular flexibility index (Phi) is 5.93. The summed E-state index contributed by atoms with van der Waals surface area (Å²) in [6, 6.07) is 5.04. The van der Waals surface area contributed by atoms with Gasteiger partial charge in [0.05, 0.1) is 17.4 Å². The van der Waals surface area contributed by atoms with Crippen LogP contribution in [-0.2, 0) is 23.0 Å². The second kappa shape index (κ2) is 8.52. The van der Waals surface area contributed by atoms with Gasteiger partial charge >= 0.3 is 0 Å². The average Bonchev–Trinajstić information content (AvgIpc) is 3.15. The molecule has 11 nitrogen and oxygen atoms in total. The quantitative estimate of drug-likeness (QED) is 0.561. The van der Waals surface area contributed by atoms with Gasteiger partial charge in [-0.15, -0.1) is 0 Å². The number of nitrogens with zero attached hydrogens (tertiary/aromatic N) is 4. The van der Waals surface area contributed by atoms with Gasteiger partial charge in [0.25, 0.3) is 5.91 Å². The number of amides is 2. The van der Waals surface area contributed by atoms with Gasteiger partial charge < -0.3 is 20.9 Å². The number of H-pyrrole nitrogens is 1. The van der Waals surface area contributed by atoms with Gasteiger partial charge in [-0.05, 0) is 25.2 Å². The Bertz CT molecular complexity index is 1150. The largest absolute Gasteiger partial charge is 0.369 e. The Labute approximate surface area is 186 Å². The van der Waals surface area contributed by atoms with E-state index >= 15 is 0 Å². The van der Waals surface area contributed by atoms with Gasteiger partial charge in [-0.25, -0.2) is 8.42 Å². The molecule has 2 aliphatic heterocycles. The molecule has 0 saturated carbocycles. The first-order valence-corrected chi connectivity index (χ1v) is 12.2. The van der Waals surface area contributed by atoms with Crippen molar-refractivity contribution in [3.63, 3.8) is 0 Å². The molecule has 1 aromatic heterocycles. The molecule has 0 radical (unpaired) electrons. The van der Waals surface area contributed by atoms with E-state index in [0.717, 1.165) is 43.8 Å². The molecule has 0 unspecified atom stereocenters. The number of rotatable bonds is 5. The molecule has 32 heavy (non-hydrogen) atoms. The third kappa shape index (κ3) is 4.47. The minimum absolute atomic E-state index is 0.116. The van der Waals surface area contributed by atoms with Crippen LogP contribution in [0.25, 0.3) is 0 Å². The summed E-state index contributed by atoms with van der Waals surface area (Å²) in [4.78, 5) is 29.5. The molecular weight excluding hydrogens is 434 g/mol. The molecule has 2 amide bonds. The first-order chi connectivity index (χ1) is 15.1. The molecule has 12 heteroatoms. The predicted octanol–water partition coefficient (Wildman–Crippen LogP) is -0.170. The number of anilines is 2. The highest BCUT2D eigenvalue weighted by Crippen LogP contribution is 2.27. The van der Waals surface area contributed by atoms with Crippen molar-refractivity contribution >= 4 is 33.3 Å². The van der Waals surface area contributed by atoms with Crippen molar-refractivity contribution in [2.75, 3.05) is 56.2 Å². The minimum atomic E-state index is -3.37. The Morgan fingerprint density at radius 2 is 1.84 bits per heavy atom. The summed E-state index contributed by atoms with van der Waals surface area (Å²) >= 11 is 0. The van der Waals surface area contributed by atoms with E-state index in [9.17, 15) is 18.0 Å². The van der Waals surface area contributed by atoms with E-state index in [1.54, 1.807) is 18.2 Å². The van der Waals surface area contributed by atoms with E-state index in [0.29, 0.717) is 18.5 Å². The van der Waals surface area contributed by atoms with Crippen LogP contribution in [0, 0.1) is 0 Å². The van der Waals surface area contributed by atoms with Gasteiger partial charge in [-0.2, -0.15) is 9.40 Å². The number of primary amides is 1. The number of carbonyl (C=O) groups is 2. The number of nitrogens with two attached hydrogens (primary N) is 1. The third-order valence-corrected chi connectivity index (χ3v) is 7.23. The highest BCUT2D eigenvalue weighted by molar-refractivity contribution is 7.88. The lowest BCUT2D eigenvalue weighted by Crippen LogP contribution is -2.44. The monoisotopic (exact) mass is 461 g/mol. The molecule has 4 N–H and O–H groups in total. The first-order valence-electron chi connectivity index (χ1n) is 10.3. The van der Waals surface area contributed by atoms with Crippen molar-refractivity contribution < 1.29 is 18.0 Å². The molecule has 1 fully saturated rings. The van der Waals surface area contributed by atoms with E-state index < -0.39 is 21.8 Å². The van der Waals surface area contributed by atoms with Crippen LogP contribution in [0.15, 0.2) is 18.2 Å². The van der Waals surface area contributed by atoms with E-state index in [-0.39, 0.29) is 23.5 Å². The van der Waals surface area contributed by atoms with Gasteiger partial charge in [0.2, 0.25) is 15.9 Å². The number of carbonyl (C=O) groups excluding carboxylic acids is 2. The number of aromatic nitrogens is 2. The maximum atomic E-state index is 13.0. The standard InChI is InChI=1S/C20H27N7O4S/c1-25-7-9-26(10-8-25)13-3-4-14(15(11-13)18(21)28)20(29)22-19-16-12-27(32(2,30)31)6-5-17(16)23-24-19/h3-4,11H,5-10,12H2,1-2H3,(H2,21,28)(H2,22,23,24,29). The molecule has 3 heterocycles. The van der Waals surface area contributed by atoms with Crippen molar-refractivity contribution in [1.82, 2.24) is 19.4 Å².